The quantitative estimate of drug-likeness (QED) is 0.750. The van der Waals surface area contributed by atoms with Crippen LogP contribution in [0, 0.1) is 23.2 Å². The Morgan fingerprint density at radius 1 is 1.05 bits per heavy atom. The molecule has 0 saturated heterocycles. The molecule has 4 aliphatic rings. The lowest BCUT2D eigenvalue weighted by atomic mass is 9.49. The van der Waals surface area contributed by atoms with Crippen molar-refractivity contribution in [2.75, 3.05) is 13.1 Å². The summed E-state index contributed by atoms with van der Waals surface area (Å²) in [4.78, 5) is 24.1. The number of amides is 2. The fraction of sp³-hybridized carbons (Fsp3) is 0.750. The first-order valence-electron chi connectivity index (χ1n) is 7.77. The van der Waals surface area contributed by atoms with Crippen LogP contribution < -0.4 is 10.6 Å². The smallest absolute Gasteiger partial charge is 0.239 e. The van der Waals surface area contributed by atoms with Gasteiger partial charge < -0.3 is 10.6 Å². The van der Waals surface area contributed by atoms with Crippen molar-refractivity contribution in [1.29, 1.82) is 0 Å². The summed E-state index contributed by atoms with van der Waals surface area (Å²) in [7, 11) is 0. The summed E-state index contributed by atoms with van der Waals surface area (Å²) in [5, 5.41) is 5.55. The van der Waals surface area contributed by atoms with E-state index in [-0.39, 0.29) is 23.8 Å². The van der Waals surface area contributed by atoms with E-state index in [0.717, 1.165) is 37.0 Å². The van der Waals surface area contributed by atoms with Crippen molar-refractivity contribution in [2.24, 2.45) is 23.2 Å². The summed E-state index contributed by atoms with van der Waals surface area (Å²) >= 11 is 0. The molecular weight excluding hydrogens is 252 g/mol. The fourth-order valence-electron chi connectivity index (χ4n) is 4.99. The Bertz CT molecular complexity index is 395. The zero-order valence-electron chi connectivity index (χ0n) is 12.0. The Labute approximate surface area is 120 Å². The fourth-order valence-corrected chi connectivity index (χ4v) is 4.99. The molecule has 4 heteroatoms. The molecule has 4 fully saturated rings. The summed E-state index contributed by atoms with van der Waals surface area (Å²) in [6.45, 7) is 4.09. The molecule has 2 amide bonds. The van der Waals surface area contributed by atoms with E-state index in [9.17, 15) is 9.59 Å². The molecule has 0 heterocycles. The molecule has 20 heavy (non-hydrogen) atoms. The van der Waals surface area contributed by atoms with Gasteiger partial charge >= 0.3 is 0 Å². The van der Waals surface area contributed by atoms with Crippen molar-refractivity contribution in [1.82, 2.24) is 10.6 Å². The first-order chi connectivity index (χ1) is 9.61. The number of nitrogens with one attached hydrogen (secondary N) is 2. The maximum Gasteiger partial charge on any atom is 0.239 e. The summed E-state index contributed by atoms with van der Waals surface area (Å²) < 4.78 is 0. The molecule has 0 aliphatic heterocycles. The van der Waals surface area contributed by atoms with Gasteiger partial charge in [-0.1, -0.05) is 6.08 Å². The van der Waals surface area contributed by atoms with Gasteiger partial charge in [-0.15, -0.1) is 6.58 Å². The number of carbonyl (C=O) groups excluding carboxylic acids is 2. The number of hydrogen-bond acceptors (Lipinski definition) is 2. The highest BCUT2D eigenvalue weighted by atomic mass is 16.2. The predicted octanol–water partition coefficient (Wildman–Crippen LogP) is 1.62. The molecule has 0 unspecified atom stereocenters. The molecule has 4 bridgehead atoms. The predicted molar refractivity (Wildman–Crippen MR) is 76.8 cm³/mol. The minimum absolute atomic E-state index is 0.0917. The molecule has 0 spiro atoms. The molecule has 0 aromatic heterocycles. The van der Waals surface area contributed by atoms with Gasteiger partial charge in [0.05, 0.1) is 6.54 Å². The van der Waals surface area contributed by atoms with Crippen LogP contribution in [0.5, 0.6) is 0 Å². The van der Waals surface area contributed by atoms with Crippen molar-refractivity contribution < 1.29 is 9.59 Å². The third-order valence-electron chi connectivity index (χ3n) is 5.37. The van der Waals surface area contributed by atoms with Crippen LogP contribution in [0.2, 0.25) is 0 Å². The lowest BCUT2D eigenvalue weighted by Gasteiger charge is -2.55. The maximum atomic E-state index is 12.6. The van der Waals surface area contributed by atoms with Gasteiger partial charge in [0.25, 0.3) is 0 Å². The van der Waals surface area contributed by atoms with Crippen molar-refractivity contribution in [2.45, 2.75) is 38.5 Å². The van der Waals surface area contributed by atoms with Crippen LogP contribution in [-0.2, 0) is 9.59 Å². The van der Waals surface area contributed by atoms with E-state index in [0.29, 0.717) is 6.54 Å². The standard InChI is InChI=1S/C16H24N2O2/c1-2-3-17-14(19)10-18-15(20)16-7-11-4-12(8-16)6-13(5-11)9-16/h2,11-13H,1,3-10H2,(H,17,19)(H,18,20). The van der Waals surface area contributed by atoms with E-state index >= 15 is 0 Å². The second kappa shape index (κ2) is 5.23. The molecule has 0 atom stereocenters. The van der Waals surface area contributed by atoms with Crippen LogP contribution in [0.15, 0.2) is 12.7 Å². The SMILES string of the molecule is C=CCNC(=O)CNC(=O)C12CC3CC(CC(C3)C1)C2. The lowest BCUT2D eigenvalue weighted by Crippen LogP contribution is -2.54. The molecule has 4 nitrogen and oxygen atoms in total. The number of hydrogen-bond donors (Lipinski definition) is 2. The zero-order chi connectivity index (χ0) is 14.2. The summed E-state index contributed by atoms with van der Waals surface area (Å²) in [5.41, 5.74) is -0.159. The highest BCUT2D eigenvalue weighted by Gasteiger charge is 2.54. The maximum absolute atomic E-state index is 12.6. The Hall–Kier alpha value is -1.32. The van der Waals surface area contributed by atoms with Crippen LogP contribution in [0.25, 0.3) is 0 Å². The van der Waals surface area contributed by atoms with Crippen LogP contribution >= 0.6 is 0 Å². The van der Waals surface area contributed by atoms with Crippen LogP contribution in [-0.4, -0.2) is 24.9 Å². The van der Waals surface area contributed by atoms with Crippen molar-refractivity contribution in [3.63, 3.8) is 0 Å². The van der Waals surface area contributed by atoms with Gasteiger partial charge in [-0.05, 0) is 56.3 Å². The minimum Gasteiger partial charge on any atom is -0.351 e. The second-order valence-electron chi connectivity index (χ2n) is 6.97. The van der Waals surface area contributed by atoms with Gasteiger partial charge in [-0.25, -0.2) is 0 Å². The van der Waals surface area contributed by atoms with Gasteiger partial charge in [0.15, 0.2) is 0 Å². The van der Waals surface area contributed by atoms with Crippen molar-refractivity contribution in [3.8, 4) is 0 Å². The number of carbonyl (C=O) groups is 2. The highest BCUT2D eigenvalue weighted by Crippen LogP contribution is 2.60. The third kappa shape index (κ3) is 2.48. The summed E-state index contributed by atoms with van der Waals surface area (Å²) in [6, 6.07) is 0. The largest absolute Gasteiger partial charge is 0.351 e. The van der Waals surface area contributed by atoms with E-state index in [1.807, 2.05) is 0 Å². The second-order valence-corrected chi connectivity index (χ2v) is 6.97. The lowest BCUT2D eigenvalue weighted by molar-refractivity contribution is -0.147. The number of rotatable bonds is 5. The van der Waals surface area contributed by atoms with Gasteiger partial charge in [-0.3, -0.25) is 9.59 Å². The average Bonchev–Trinajstić information content (AvgIpc) is 2.41. The Morgan fingerprint density at radius 3 is 2.10 bits per heavy atom. The topological polar surface area (TPSA) is 58.2 Å². The highest BCUT2D eigenvalue weighted by molar-refractivity contribution is 5.88. The first kappa shape index (κ1) is 13.7. The molecule has 4 rings (SSSR count). The molecule has 110 valence electrons. The van der Waals surface area contributed by atoms with Crippen LogP contribution in [0.1, 0.15) is 38.5 Å². The molecule has 0 aromatic rings. The molecule has 2 N–H and O–H groups in total. The van der Waals surface area contributed by atoms with E-state index in [2.05, 4.69) is 17.2 Å². The van der Waals surface area contributed by atoms with E-state index in [4.69, 9.17) is 0 Å². The van der Waals surface area contributed by atoms with Crippen molar-refractivity contribution in [3.05, 3.63) is 12.7 Å². The van der Waals surface area contributed by atoms with Gasteiger partial charge in [0.2, 0.25) is 11.8 Å². The average molecular weight is 276 g/mol. The Kier molecular flexibility index (Phi) is 3.57. The van der Waals surface area contributed by atoms with Crippen LogP contribution in [0.4, 0.5) is 0 Å². The zero-order valence-corrected chi connectivity index (χ0v) is 12.0. The van der Waals surface area contributed by atoms with E-state index < -0.39 is 0 Å². The van der Waals surface area contributed by atoms with E-state index in [1.165, 1.54) is 19.3 Å². The third-order valence-corrected chi connectivity index (χ3v) is 5.37. The normalized spacial score (nSPS) is 37.5. The molecule has 0 aromatic carbocycles. The van der Waals surface area contributed by atoms with Crippen molar-refractivity contribution >= 4 is 11.8 Å². The molecular formula is C16H24N2O2. The molecule has 4 saturated carbocycles. The summed E-state index contributed by atoms with van der Waals surface area (Å²) in [6.07, 6.45) is 8.74. The summed E-state index contributed by atoms with van der Waals surface area (Å²) in [5.74, 6) is 2.23. The van der Waals surface area contributed by atoms with E-state index in [1.54, 1.807) is 6.08 Å². The Balaban J connectivity index is 1.57. The van der Waals surface area contributed by atoms with Gasteiger partial charge in [0.1, 0.15) is 0 Å². The molecule has 4 aliphatic carbocycles. The first-order valence-corrected chi connectivity index (χ1v) is 7.77. The van der Waals surface area contributed by atoms with Gasteiger partial charge in [0, 0.05) is 12.0 Å². The van der Waals surface area contributed by atoms with Gasteiger partial charge in [-0.2, -0.15) is 0 Å². The minimum atomic E-state index is -0.159. The monoisotopic (exact) mass is 276 g/mol. The van der Waals surface area contributed by atoms with Crippen LogP contribution in [0.3, 0.4) is 0 Å². The Morgan fingerprint density at radius 2 is 1.60 bits per heavy atom. The molecule has 0 radical (unpaired) electrons.